The number of halogens is 1. The van der Waals surface area contributed by atoms with Gasteiger partial charge in [-0.15, -0.1) is 0 Å². The van der Waals surface area contributed by atoms with Crippen molar-refractivity contribution in [1.82, 2.24) is 8.75 Å². The number of aryl methyl sites for hydroxylation is 2. The van der Waals surface area contributed by atoms with Crippen molar-refractivity contribution in [2.24, 2.45) is 0 Å². The number of rotatable bonds is 3. The highest BCUT2D eigenvalue weighted by molar-refractivity contribution is 6.99. The summed E-state index contributed by atoms with van der Waals surface area (Å²) >= 11 is 7.35. The van der Waals surface area contributed by atoms with Crippen molar-refractivity contribution in [2.75, 3.05) is 4.90 Å². The monoisotopic (exact) mass is 309 g/mol. The van der Waals surface area contributed by atoms with Crippen molar-refractivity contribution in [3.8, 4) is 0 Å². The van der Waals surface area contributed by atoms with Crippen molar-refractivity contribution in [2.45, 2.75) is 34.2 Å². The molecule has 0 saturated heterocycles. The van der Waals surface area contributed by atoms with Gasteiger partial charge in [-0.05, 0) is 38.0 Å². The predicted octanol–water partition coefficient (Wildman–Crippen LogP) is 3.67. The van der Waals surface area contributed by atoms with Gasteiger partial charge in [-0.25, -0.2) is 0 Å². The van der Waals surface area contributed by atoms with Gasteiger partial charge in [0, 0.05) is 11.9 Å². The minimum atomic E-state index is -0.0362. The Morgan fingerprint density at radius 3 is 2.55 bits per heavy atom. The lowest BCUT2D eigenvalue weighted by Gasteiger charge is -2.25. The topological polar surface area (TPSA) is 46.1 Å². The summed E-state index contributed by atoms with van der Waals surface area (Å²) in [6, 6.07) is 3.77. The molecule has 2 aromatic rings. The van der Waals surface area contributed by atoms with Crippen LogP contribution in [0.2, 0.25) is 5.02 Å². The molecule has 0 atom stereocenters. The first-order valence-corrected chi connectivity index (χ1v) is 7.34. The summed E-state index contributed by atoms with van der Waals surface area (Å²) in [7, 11) is 0. The fraction of sp³-hybridized carbons (Fsp3) is 0.357. The Bertz CT molecular complexity index is 654. The first-order valence-electron chi connectivity index (χ1n) is 6.23. The zero-order chi connectivity index (χ0) is 14.9. The third-order valence-electron chi connectivity index (χ3n) is 3.27. The fourth-order valence-corrected chi connectivity index (χ4v) is 2.83. The average Bonchev–Trinajstić information content (AvgIpc) is 2.78. The first kappa shape index (κ1) is 14.9. The van der Waals surface area contributed by atoms with Gasteiger partial charge in [0.25, 0.3) is 0 Å². The Kier molecular flexibility index (Phi) is 4.40. The average molecular weight is 310 g/mol. The van der Waals surface area contributed by atoms with Crippen LogP contribution in [0, 0.1) is 20.8 Å². The second-order valence-corrected chi connectivity index (χ2v) is 5.68. The van der Waals surface area contributed by atoms with Crippen molar-refractivity contribution >= 4 is 34.9 Å². The molecular weight excluding hydrogens is 294 g/mol. The molecule has 0 aliphatic carbocycles. The minimum Gasteiger partial charge on any atom is -0.306 e. The summed E-state index contributed by atoms with van der Waals surface area (Å²) in [5.41, 5.74) is 4.46. The van der Waals surface area contributed by atoms with E-state index in [1.54, 1.807) is 11.8 Å². The summed E-state index contributed by atoms with van der Waals surface area (Å²) in [5, 5.41) is 0.657. The van der Waals surface area contributed by atoms with E-state index >= 15 is 0 Å². The number of benzene rings is 1. The van der Waals surface area contributed by atoms with E-state index in [-0.39, 0.29) is 5.91 Å². The first-order chi connectivity index (χ1) is 9.41. The van der Waals surface area contributed by atoms with Gasteiger partial charge in [0.2, 0.25) is 5.91 Å². The Morgan fingerprint density at radius 2 is 2.00 bits per heavy atom. The third kappa shape index (κ3) is 2.83. The Balaban J connectivity index is 2.47. The number of aromatic nitrogens is 2. The lowest BCUT2D eigenvalue weighted by atomic mass is 10.1. The SMILES string of the molecule is CC(=O)N(Cc1nsnc1C)c1c(C)ccc(Cl)c1C. The molecule has 1 heterocycles. The van der Waals surface area contributed by atoms with E-state index in [1.807, 2.05) is 32.9 Å². The zero-order valence-corrected chi connectivity index (χ0v) is 13.5. The molecule has 4 nitrogen and oxygen atoms in total. The summed E-state index contributed by atoms with van der Waals surface area (Å²) in [6.45, 7) is 7.76. The van der Waals surface area contributed by atoms with E-state index in [2.05, 4.69) is 8.75 Å². The molecule has 0 fully saturated rings. The summed E-state index contributed by atoms with van der Waals surface area (Å²) in [4.78, 5) is 13.7. The van der Waals surface area contributed by atoms with Crippen molar-refractivity contribution < 1.29 is 4.79 Å². The minimum absolute atomic E-state index is 0.0362. The highest BCUT2D eigenvalue weighted by Gasteiger charge is 2.20. The van der Waals surface area contributed by atoms with Gasteiger partial charge >= 0.3 is 0 Å². The lowest BCUT2D eigenvalue weighted by molar-refractivity contribution is -0.116. The maximum atomic E-state index is 12.0. The molecule has 106 valence electrons. The zero-order valence-electron chi connectivity index (χ0n) is 11.9. The molecular formula is C14H16ClN3OS. The number of amides is 1. The fourth-order valence-electron chi connectivity index (χ4n) is 2.12. The van der Waals surface area contributed by atoms with Crippen LogP contribution in [0.25, 0.3) is 0 Å². The molecule has 1 aromatic carbocycles. The third-order valence-corrected chi connectivity index (χ3v) is 4.34. The molecule has 0 unspecified atom stereocenters. The molecule has 0 radical (unpaired) electrons. The molecule has 0 aliphatic heterocycles. The van der Waals surface area contributed by atoms with Crippen LogP contribution in [0.1, 0.15) is 29.4 Å². The largest absolute Gasteiger partial charge is 0.306 e. The van der Waals surface area contributed by atoms with E-state index in [4.69, 9.17) is 11.6 Å². The molecule has 0 aliphatic rings. The van der Waals surface area contributed by atoms with Crippen molar-refractivity contribution in [1.29, 1.82) is 0 Å². The predicted molar refractivity (Wildman–Crippen MR) is 82.4 cm³/mol. The molecule has 1 aromatic heterocycles. The van der Waals surface area contributed by atoms with Crippen LogP contribution in [-0.2, 0) is 11.3 Å². The van der Waals surface area contributed by atoms with Crippen LogP contribution in [0.5, 0.6) is 0 Å². The van der Waals surface area contributed by atoms with E-state index < -0.39 is 0 Å². The summed E-state index contributed by atoms with van der Waals surface area (Å²) in [6.07, 6.45) is 0. The van der Waals surface area contributed by atoms with Gasteiger partial charge in [0.1, 0.15) is 0 Å². The Morgan fingerprint density at radius 1 is 1.30 bits per heavy atom. The van der Waals surface area contributed by atoms with Gasteiger partial charge < -0.3 is 4.90 Å². The standard InChI is InChI=1S/C14H16ClN3OS/c1-8-5-6-12(15)9(2)14(8)18(11(4)19)7-13-10(3)16-20-17-13/h5-6H,7H2,1-4H3. The quantitative estimate of drug-likeness (QED) is 0.869. The molecule has 6 heteroatoms. The molecule has 20 heavy (non-hydrogen) atoms. The van der Waals surface area contributed by atoms with E-state index in [0.29, 0.717) is 11.6 Å². The van der Waals surface area contributed by atoms with Crippen LogP contribution < -0.4 is 4.90 Å². The van der Waals surface area contributed by atoms with Gasteiger partial charge in [0.15, 0.2) is 0 Å². The van der Waals surface area contributed by atoms with Gasteiger partial charge in [0.05, 0.1) is 35.3 Å². The van der Waals surface area contributed by atoms with E-state index in [9.17, 15) is 4.79 Å². The molecule has 0 saturated carbocycles. The molecule has 0 N–H and O–H groups in total. The van der Waals surface area contributed by atoms with Crippen LogP contribution in [0.3, 0.4) is 0 Å². The van der Waals surface area contributed by atoms with Crippen LogP contribution in [-0.4, -0.2) is 14.7 Å². The molecule has 0 spiro atoms. The maximum Gasteiger partial charge on any atom is 0.224 e. The van der Waals surface area contributed by atoms with Crippen molar-refractivity contribution in [3.05, 3.63) is 39.7 Å². The second-order valence-electron chi connectivity index (χ2n) is 4.74. The number of hydrogen-bond acceptors (Lipinski definition) is 4. The Hall–Kier alpha value is -1.46. The number of nitrogens with zero attached hydrogens (tertiary/aromatic N) is 3. The van der Waals surface area contributed by atoms with Crippen LogP contribution >= 0.6 is 23.3 Å². The van der Waals surface area contributed by atoms with Crippen molar-refractivity contribution in [3.63, 3.8) is 0 Å². The Labute approximate surface area is 127 Å². The van der Waals surface area contributed by atoms with Crippen LogP contribution in [0.15, 0.2) is 12.1 Å². The second kappa shape index (κ2) is 5.89. The molecule has 2 rings (SSSR count). The highest BCUT2D eigenvalue weighted by atomic mass is 35.5. The molecule has 0 bridgehead atoms. The van der Waals surface area contributed by atoms with Gasteiger partial charge in [-0.3, -0.25) is 4.79 Å². The number of carbonyl (C=O) groups excluding carboxylic acids is 1. The smallest absolute Gasteiger partial charge is 0.224 e. The van der Waals surface area contributed by atoms with Gasteiger partial charge in [-0.2, -0.15) is 8.75 Å². The maximum absolute atomic E-state index is 12.0. The number of hydrogen-bond donors (Lipinski definition) is 0. The normalized spacial score (nSPS) is 10.7. The summed E-state index contributed by atoms with van der Waals surface area (Å²) < 4.78 is 8.40. The lowest BCUT2D eigenvalue weighted by Crippen LogP contribution is -2.29. The highest BCUT2D eigenvalue weighted by Crippen LogP contribution is 2.31. The van der Waals surface area contributed by atoms with Crippen LogP contribution in [0.4, 0.5) is 5.69 Å². The van der Waals surface area contributed by atoms with E-state index in [0.717, 1.165) is 39.9 Å². The van der Waals surface area contributed by atoms with Gasteiger partial charge in [-0.1, -0.05) is 17.7 Å². The number of anilines is 1. The number of carbonyl (C=O) groups is 1. The summed E-state index contributed by atoms with van der Waals surface area (Å²) in [5.74, 6) is -0.0362. The molecule has 1 amide bonds. The van der Waals surface area contributed by atoms with E-state index in [1.165, 1.54) is 0 Å².